The van der Waals surface area contributed by atoms with Crippen LogP contribution < -0.4 is 15.8 Å². The van der Waals surface area contributed by atoms with Gasteiger partial charge in [-0.25, -0.2) is 0 Å². The van der Waals surface area contributed by atoms with E-state index >= 15 is 0 Å². The molecule has 180 valence electrons. The predicted molar refractivity (Wildman–Crippen MR) is 133 cm³/mol. The standard InChI is InChI=1S/C24H31N7O2S/c1-2-34-29-19-5-3-4-17(14-19)15-30-12-9-24(8-11-25,10-13-30)31-16-20(21(26)32)22(28-31)27-23(33)18-6-7-18/h3-5,14,16,18,29H,2,6-10,12-13,15H2,1H3,(H2,26,32)(H,27,28,33). The third kappa shape index (κ3) is 5.54. The number of primary amides is 1. The predicted octanol–water partition coefficient (Wildman–Crippen LogP) is 3.32. The minimum Gasteiger partial charge on any atom is -0.365 e. The Hall–Kier alpha value is -3.03. The van der Waals surface area contributed by atoms with Crippen molar-refractivity contribution < 1.29 is 9.59 Å². The number of hydrogen-bond acceptors (Lipinski definition) is 7. The van der Waals surface area contributed by atoms with Crippen LogP contribution in [0.3, 0.4) is 0 Å². The fraction of sp³-hybridized carbons (Fsp3) is 0.500. The molecular weight excluding hydrogens is 450 g/mol. The highest BCUT2D eigenvalue weighted by Crippen LogP contribution is 2.36. The highest BCUT2D eigenvalue weighted by atomic mass is 32.2. The minimum atomic E-state index is -0.642. The molecule has 2 fully saturated rings. The van der Waals surface area contributed by atoms with E-state index in [0.717, 1.165) is 43.9 Å². The van der Waals surface area contributed by atoms with Crippen molar-refractivity contribution in [3.8, 4) is 6.07 Å². The number of nitrogens with two attached hydrogens (primary N) is 1. The number of amides is 2. The highest BCUT2D eigenvalue weighted by molar-refractivity contribution is 8.00. The lowest BCUT2D eigenvalue weighted by molar-refractivity contribution is -0.117. The smallest absolute Gasteiger partial charge is 0.254 e. The molecule has 1 aromatic carbocycles. The van der Waals surface area contributed by atoms with Crippen molar-refractivity contribution in [3.63, 3.8) is 0 Å². The summed E-state index contributed by atoms with van der Waals surface area (Å²) in [6.45, 7) is 4.51. The second-order valence-electron chi connectivity index (χ2n) is 9.03. The summed E-state index contributed by atoms with van der Waals surface area (Å²) in [7, 11) is 0. The molecule has 10 heteroatoms. The normalized spacial score (nSPS) is 17.6. The lowest BCUT2D eigenvalue weighted by atomic mass is 9.84. The number of rotatable bonds is 10. The van der Waals surface area contributed by atoms with Crippen LogP contribution >= 0.6 is 11.9 Å². The number of piperidine rings is 1. The van der Waals surface area contributed by atoms with Crippen LogP contribution in [-0.2, 0) is 16.9 Å². The van der Waals surface area contributed by atoms with Gasteiger partial charge in [-0.3, -0.25) is 19.2 Å². The van der Waals surface area contributed by atoms with Gasteiger partial charge in [0, 0.05) is 43.2 Å². The molecule has 0 unspecified atom stereocenters. The van der Waals surface area contributed by atoms with Gasteiger partial charge in [0.1, 0.15) is 5.56 Å². The van der Waals surface area contributed by atoms with Gasteiger partial charge < -0.3 is 15.8 Å². The Morgan fingerprint density at radius 1 is 1.32 bits per heavy atom. The van der Waals surface area contributed by atoms with Gasteiger partial charge in [0.05, 0.1) is 18.0 Å². The monoisotopic (exact) mass is 481 g/mol. The zero-order chi connectivity index (χ0) is 24.1. The second kappa shape index (κ2) is 10.5. The van der Waals surface area contributed by atoms with Crippen LogP contribution in [-0.4, -0.2) is 45.3 Å². The number of anilines is 2. The molecule has 1 saturated carbocycles. The number of carbonyl (C=O) groups is 2. The van der Waals surface area contributed by atoms with Crippen LogP contribution in [0.5, 0.6) is 0 Å². The quantitative estimate of drug-likeness (QED) is 0.444. The van der Waals surface area contributed by atoms with E-state index in [1.807, 2.05) is 0 Å². The number of benzene rings is 1. The molecule has 1 aliphatic carbocycles. The molecule has 9 nitrogen and oxygen atoms in total. The minimum absolute atomic E-state index is 0.0172. The van der Waals surface area contributed by atoms with E-state index in [4.69, 9.17) is 5.73 Å². The van der Waals surface area contributed by atoms with E-state index in [9.17, 15) is 14.9 Å². The van der Waals surface area contributed by atoms with Crippen molar-refractivity contribution in [2.75, 3.05) is 28.9 Å². The molecule has 0 atom stereocenters. The molecule has 1 aromatic heterocycles. The topological polar surface area (TPSA) is 129 Å². The number of likely N-dealkylation sites (tertiary alicyclic amines) is 1. The molecule has 0 radical (unpaired) electrons. The maximum absolute atomic E-state index is 12.3. The highest BCUT2D eigenvalue weighted by Gasteiger charge is 2.39. The molecule has 2 heterocycles. The van der Waals surface area contributed by atoms with Crippen molar-refractivity contribution in [2.24, 2.45) is 11.7 Å². The third-order valence-electron chi connectivity index (χ3n) is 6.52. The maximum atomic E-state index is 12.3. The van der Waals surface area contributed by atoms with Crippen LogP contribution in [0.25, 0.3) is 0 Å². The van der Waals surface area contributed by atoms with Crippen molar-refractivity contribution in [2.45, 2.75) is 51.1 Å². The molecule has 2 aliphatic rings. The lowest BCUT2D eigenvalue weighted by Crippen LogP contribution is -2.46. The summed E-state index contributed by atoms with van der Waals surface area (Å²) in [6, 6.07) is 10.7. The molecular formula is C24H31N7O2S. The van der Waals surface area contributed by atoms with Gasteiger partial charge in [-0.05, 0) is 43.4 Å². The second-order valence-corrected chi connectivity index (χ2v) is 10.1. The van der Waals surface area contributed by atoms with Crippen molar-refractivity contribution in [1.29, 1.82) is 5.26 Å². The molecule has 2 aromatic rings. The molecule has 4 rings (SSSR count). The first-order valence-corrected chi connectivity index (χ1v) is 12.7. The summed E-state index contributed by atoms with van der Waals surface area (Å²) in [5.74, 6) is 0.395. The molecule has 0 bridgehead atoms. The average molecular weight is 482 g/mol. The van der Waals surface area contributed by atoms with Crippen LogP contribution in [0.4, 0.5) is 11.5 Å². The Morgan fingerprint density at radius 3 is 2.74 bits per heavy atom. The third-order valence-corrected chi connectivity index (χ3v) is 7.19. The Balaban J connectivity index is 1.47. The van der Waals surface area contributed by atoms with Crippen LogP contribution in [0.1, 0.15) is 54.9 Å². The zero-order valence-corrected chi connectivity index (χ0v) is 20.2. The summed E-state index contributed by atoms with van der Waals surface area (Å²) in [4.78, 5) is 26.7. The van der Waals surface area contributed by atoms with E-state index in [0.29, 0.717) is 12.8 Å². The summed E-state index contributed by atoms with van der Waals surface area (Å²) in [5.41, 5.74) is 7.54. The largest absolute Gasteiger partial charge is 0.365 e. The Bertz CT molecular complexity index is 1080. The fourth-order valence-electron chi connectivity index (χ4n) is 4.36. The van der Waals surface area contributed by atoms with Crippen LogP contribution in [0, 0.1) is 17.2 Å². The van der Waals surface area contributed by atoms with Gasteiger partial charge in [-0.15, -0.1) is 0 Å². The van der Waals surface area contributed by atoms with Gasteiger partial charge in [-0.1, -0.05) is 31.0 Å². The lowest BCUT2D eigenvalue weighted by Gasteiger charge is -2.40. The number of carbonyl (C=O) groups excluding carboxylic acids is 2. The first kappa shape index (κ1) is 24.1. The Morgan fingerprint density at radius 2 is 2.09 bits per heavy atom. The Labute approximate surface area is 204 Å². The number of hydrogen-bond donors (Lipinski definition) is 3. The van der Waals surface area contributed by atoms with E-state index in [1.54, 1.807) is 22.8 Å². The summed E-state index contributed by atoms with van der Waals surface area (Å²) < 4.78 is 5.04. The zero-order valence-electron chi connectivity index (χ0n) is 19.4. The summed E-state index contributed by atoms with van der Waals surface area (Å²) in [6.07, 6.45) is 4.98. The van der Waals surface area contributed by atoms with Gasteiger partial charge in [0.15, 0.2) is 5.82 Å². The Kier molecular flexibility index (Phi) is 7.44. The number of nitrogens with one attached hydrogen (secondary N) is 2. The van der Waals surface area contributed by atoms with E-state index in [2.05, 4.69) is 57.3 Å². The van der Waals surface area contributed by atoms with E-state index in [-0.39, 0.29) is 29.6 Å². The number of nitriles is 1. The van der Waals surface area contributed by atoms with Crippen molar-refractivity contribution in [3.05, 3.63) is 41.6 Å². The molecule has 34 heavy (non-hydrogen) atoms. The first-order valence-electron chi connectivity index (χ1n) is 11.7. The van der Waals surface area contributed by atoms with Gasteiger partial charge >= 0.3 is 0 Å². The molecule has 4 N–H and O–H groups in total. The molecule has 1 saturated heterocycles. The van der Waals surface area contributed by atoms with Crippen LogP contribution in [0.15, 0.2) is 30.5 Å². The molecule has 1 aliphatic heterocycles. The van der Waals surface area contributed by atoms with E-state index in [1.165, 1.54) is 5.56 Å². The van der Waals surface area contributed by atoms with Crippen molar-refractivity contribution >= 4 is 35.3 Å². The van der Waals surface area contributed by atoms with E-state index < -0.39 is 11.4 Å². The van der Waals surface area contributed by atoms with Gasteiger partial charge in [-0.2, -0.15) is 10.4 Å². The van der Waals surface area contributed by atoms with Crippen molar-refractivity contribution in [1.82, 2.24) is 14.7 Å². The maximum Gasteiger partial charge on any atom is 0.254 e. The average Bonchev–Trinajstić information content (AvgIpc) is 3.59. The first-order chi connectivity index (χ1) is 16.4. The summed E-state index contributed by atoms with van der Waals surface area (Å²) in [5, 5.41) is 16.9. The molecule has 2 amide bonds. The van der Waals surface area contributed by atoms with Gasteiger partial charge in [0.2, 0.25) is 5.91 Å². The number of nitrogens with zero attached hydrogens (tertiary/aromatic N) is 4. The molecule has 0 spiro atoms. The SMILES string of the molecule is CCSNc1cccc(CN2CCC(CC#N)(n3cc(C(N)=O)c(NC(=O)C4CC4)n3)CC2)c1. The summed E-state index contributed by atoms with van der Waals surface area (Å²) >= 11 is 1.67. The van der Waals surface area contributed by atoms with Crippen LogP contribution in [0.2, 0.25) is 0 Å². The number of aromatic nitrogens is 2. The fourth-order valence-corrected chi connectivity index (χ4v) is 4.80. The van der Waals surface area contributed by atoms with Gasteiger partial charge in [0.25, 0.3) is 5.91 Å².